The lowest BCUT2D eigenvalue weighted by Crippen LogP contribution is -1.99. The van der Waals surface area contributed by atoms with Crippen LogP contribution >= 0.6 is 0 Å². The highest BCUT2D eigenvalue weighted by molar-refractivity contribution is 4.46. The molecule has 0 bridgehead atoms. The van der Waals surface area contributed by atoms with Crippen molar-refractivity contribution in [3.63, 3.8) is 0 Å². The summed E-state index contributed by atoms with van der Waals surface area (Å²) in [6.07, 6.45) is 2.86. The highest BCUT2D eigenvalue weighted by atomic mass is 16.5. The van der Waals surface area contributed by atoms with Crippen LogP contribution in [-0.4, -0.2) is 24.9 Å². The first kappa shape index (κ1) is 8.92. The summed E-state index contributed by atoms with van der Waals surface area (Å²) in [5.41, 5.74) is 0. The zero-order chi connectivity index (χ0) is 7.11. The molecule has 0 aliphatic carbocycles. The van der Waals surface area contributed by atoms with Gasteiger partial charge in [0.15, 0.2) is 0 Å². The molecule has 0 spiro atoms. The lowest BCUT2D eigenvalue weighted by atomic mass is 10.2. The SMILES string of the molecule is COCCCC[C@@H](C)O. The van der Waals surface area contributed by atoms with E-state index >= 15 is 0 Å². The molecule has 2 heteroatoms. The largest absolute Gasteiger partial charge is 0.393 e. The first-order chi connectivity index (χ1) is 4.27. The molecule has 0 amide bonds. The number of hydrogen-bond acceptors (Lipinski definition) is 2. The molecule has 0 aromatic carbocycles. The summed E-state index contributed by atoms with van der Waals surface area (Å²) in [7, 11) is 1.70. The standard InChI is InChI=1S/C7H16O2/c1-7(8)5-3-4-6-9-2/h7-8H,3-6H2,1-2H3/t7-/m1/s1. The van der Waals surface area contributed by atoms with Crippen LogP contribution in [0.5, 0.6) is 0 Å². The maximum Gasteiger partial charge on any atom is 0.0512 e. The van der Waals surface area contributed by atoms with E-state index in [1.165, 1.54) is 0 Å². The van der Waals surface area contributed by atoms with Crippen LogP contribution in [0.25, 0.3) is 0 Å². The molecule has 0 heterocycles. The zero-order valence-corrected chi connectivity index (χ0v) is 6.26. The average Bonchev–Trinajstić information content (AvgIpc) is 1.80. The highest BCUT2D eigenvalue weighted by Gasteiger charge is 1.93. The molecule has 0 unspecified atom stereocenters. The van der Waals surface area contributed by atoms with Crippen molar-refractivity contribution in [2.75, 3.05) is 13.7 Å². The Labute approximate surface area is 56.8 Å². The summed E-state index contributed by atoms with van der Waals surface area (Å²) >= 11 is 0. The van der Waals surface area contributed by atoms with Gasteiger partial charge in [0.2, 0.25) is 0 Å². The van der Waals surface area contributed by atoms with Gasteiger partial charge in [-0.2, -0.15) is 0 Å². The third-order valence-corrected chi connectivity index (χ3v) is 1.22. The number of unbranched alkanes of at least 4 members (excludes halogenated alkanes) is 1. The Morgan fingerprint density at radius 1 is 1.44 bits per heavy atom. The van der Waals surface area contributed by atoms with Crippen molar-refractivity contribution in [1.82, 2.24) is 0 Å². The van der Waals surface area contributed by atoms with Gasteiger partial charge in [-0.3, -0.25) is 0 Å². The maximum atomic E-state index is 8.81. The van der Waals surface area contributed by atoms with Crippen LogP contribution in [0.3, 0.4) is 0 Å². The average molecular weight is 132 g/mol. The van der Waals surface area contributed by atoms with E-state index in [0.29, 0.717) is 0 Å². The van der Waals surface area contributed by atoms with E-state index in [0.717, 1.165) is 25.9 Å². The molecule has 0 saturated heterocycles. The van der Waals surface area contributed by atoms with E-state index in [-0.39, 0.29) is 6.10 Å². The Bertz CT molecular complexity index is 52.9. The fourth-order valence-corrected chi connectivity index (χ4v) is 0.686. The van der Waals surface area contributed by atoms with Gasteiger partial charge in [-0.05, 0) is 26.2 Å². The number of methoxy groups -OCH3 is 1. The second kappa shape index (κ2) is 6.05. The second-order valence-corrected chi connectivity index (χ2v) is 2.34. The van der Waals surface area contributed by atoms with Crippen LogP contribution in [-0.2, 0) is 4.74 Å². The molecule has 2 nitrogen and oxygen atoms in total. The molecule has 0 saturated carbocycles. The molecule has 1 atom stereocenters. The van der Waals surface area contributed by atoms with Crippen LogP contribution in [0.1, 0.15) is 26.2 Å². The lowest BCUT2D eigenvalue weighted by Gasteiger charge is -2.01. The number of aliphatic hydroxyl groups excluding tert-OH is 1. The number of aliphatic hydroxyl groups is 1. The maximum absolute atomic E-state index is 8.81. The van der Waals surface area contributed by atoms with Gasteiger partial charge in [-0.25, -0.2) is 0 Å². The van der Waals surface area contributed by atoms with Crippen molar-refractivity contribution in [3.8, 4) is 0 Å². The number of hydrogen-bond donors (Lipinski definition) is 1. The first-order valence-electron chi connectivity index (χ1n) is 3.44. The minimum absolute atomic E-state index is 0.151. The zero-order valence-electron chi connectivity index (χ0n) is 6.26. The molecular weight excluding hydrogens is 116 g/mol. The van der Waals surface area contributed by atoms with Gasteiger partial charge in [0.05, 0.1) is 6.10 Å². The highest BCUT2D eigenvalue weighted by Crippen LogP contribution is 1.98. The molecule has 56 valence electrons. The van der Waals surface area contributed by atoms with E-state index in [9.17, 15) is 0 Å². The van der Waals surface area contributed by atoms with Crippen molar-refractivity contribution in [1.29, 1.82) is 0 Å². The molecule has 0 aliphatic heterocycles. The predicted octanol–water partition coefficient (Wildman–Crippen LogP) is 1.18. The van der Waals surface area contributed by atoms with Gasteiger partial charge in [-0.1, -0.05) is 0 Å². The first-order valence-corrected chi connectivity index (χ1v) is 3.44. The van der Waals surface area contributed by atoms with Gasteiger partial charge in [-0.15, -0.1) is 0 Å². The molecule has 0 fully saturated rings. The van der Waals surface area contributed by atoms with Crippen molar-refractivity contribution in [2.24, 2.45) is 0 Å². The van der Waals surface area contributed by atoms with E-state index in [1.807, 2.05) is 6.92 Å². The number of rotatable bonds is 5. The molecule has 9 heavy (non-hydrogen) atoms. The van der Waals surface area contributed by atoms with Gasteiger partial charge in [0, 0.05) is 13.7 Å². The van der Waals surface area contributed by atoms with Crippen molar-refractivity contribution >= 4 is 0 Å². The molecule has 0 aromatic heterocycles. The summed E-state index contributed by atoms with van der Waals surface area (Å²) in [6.45, 7) is 2.62. The summed E-state index contributed by atoms with van der Waals surface area (Å²) in [5.74, 6) is 0. The Balaban J connectivity index is 2.75. The van der Waals surface area contributed by atoms with Gasteiger partial charge >= 0.3 is 0 Å². The Morgan fingerprint density at radius 2 is 2.11 bits per heavy atom. The molecular formula is C7H16O2. The second-order valence-electron chi connectivity index (χ2n) is 2.34. The van der Waals surface area contributed by atoms with Crippen LogP contribution < -0.4 is 0 Å². The van der Waals surface area contributed by atoms with Crippen LogP contribution in [0.4, 0.5) is 0 Å². The van der Waals surface area contributed by atoms with Crippen LogP contribution in [0, 0.1) is 0 Å². The van der Waals surface area contributed by atoms with Gasteiger partial charge < -0.3 is 9.84 Å². The van der Waals surface area contributed by atoms with Crippen LogP contribution in [0.2, 0.25) is 0 Å². The van der Waals surface area contributed by atoms with Crippen molar-refractivity contribution in [3.05, 3.63) is 0 Å². The summed E-state index contributed by atoms with van der Waals surface area (Å²) in [6, 6.07) is 0. The quantitative estimate of drug-likeness (QED) is 0.569. The van der Waals surface area contributed by atoms with E-state index in [1.54, 1.807) is 7.11 Å². The molecule has 0 aliphatic rings. The van der Waals surface area contributed by atoms with Gasteiger partial charge in [0.25, 0.3) is 0 Å². The van der Waals surface area contributed by atoms with E-state index in [4.69, 9.17) is 9.84 Å². The fraction of sp³-hybridized carbons (Fsp3) is 1.00. The Hall–Kier alpha value is -0.0800. The molecule has 0 radical (unpaired) electrons. The van der Waals surface area contributed by atoms with Crippen molar-refractivity contribution in [2.45, 2.75) is 32.3 Å². The number of ether oxygens (including phenoxy) is 1. The third kappa shape index (κ3) is 7.92. The fourth-order valence-electron chi connectivity index (χ4n) is 0.686. The van der Waals surface area contributed by atoms with Crippen molar-refractivity contribution < 1.29 is 9.84 Å². The normalized spacial score (nSPS) is 13.7. The summed E-state index contributed by atoms with van der Waals surface area (Å²) < 4.78 is 4.84. The smallest absolute Gasteiger partial charge is 0.0512 e. The topological polar surface area (TPSA) is 29.5 Å². The minimum atomic E-state index is -0.151. The van der Waals surface area contributed by atoms with E-state index in [2.05, 4.69) is 0 Å². The molecule has 0 aromatic rings. The van der Waals surface area contributed by atoms with Gasteiger partial charge in [0.1, 0.15) is 0 Å². The summed E-state index contributed by atoms with van der Waals surface area (Å²) in [5, 5.41) is 8.81. The Morgan fingerprint density at radius 3 is 2.56 bits per heavy atom. The lowest BCUT2D eigenvalue weighted by molar-refractivity contribution is 0.162. The minimum Gasteiger partial charge on any atom is -0.393 e. The predicted molar refractivity (Wildman–Crippen MR) is 37.4 cm³/mol. The molecule has 0 rings (SSSR count). The van der Waals surface area contributed by atoms with Crippen LogP contribution in [0.15, 0.2) is 0 Å². The third-order valence-electron chi connectivity index (χ3n) is 1.22. The Kier molecular flexibility index (Phi) is 5.99. The monoisotopic (exact) mass is 132 g/mol. The summed E-state index contributed by atoms with van der Waals surface area (Å²) in [4.78, 5) is 0. The molecule has 1 N–H and O–H groups in total. The van der Waals surface area contributed by atoms with E-state index < -0.39 is 0 Å².